The van der Waals surface area contributed by atoms with Gasteiger partial charge in [-0.05, 0) is 17.8 Å². The lowest BCUT2D eigenvalue weighted by atomic mass is 9.88. The maximum atomic E-state index is 2.44. The predicted octanol–water partition coefficient (Wildman–Crippen LogP) is 6.06. The van der Waals surface area contributed by atoms with Crippen LogP contribution in [0.2, 0.25) is 0 Å². The molecule has 0 nitrogen and oxygen atoms in total. The molecule has 98 valence electrons. The zero-order chi connectivity index (χ0) is 12.4. The molecule has 0 radical (unpaired) electrons. The van der Waals surface area contributed by atoms with Crippen molar-refractivity contribution in [3.8, 4) is 0 Å². The number of unbranched alkanes of at least 4 members (excludes halogenated alkanes) is 1. The van der Waals surface area contributed by atoms with E-state index in [9.17, 15) is 0 Å². The largest absolute Gasteiger partial charge is 0.0654 e. The van der Waals surface area contributed by atoms with Gasteiger partial charge >= 0.3 is 0 Å². The standard InChI is InChI=1S/C16H34/c1-6-8-9-16(7-2)13-12-15(5)11-10-14(3)4/h14-16H,6-13H2,1-5H3. The van der Waals surface area contributed by atoms with Crippen molar-refractivity contribution in [1.29, 1.82) is 0 Å². The van der Waals surface area contributed by atoms with Crippen molar-refractivity contribution in [2.75, 3.05) is 0 Å². The summed E-state index contributed by atoms with van der Waals surface area (Å²) in [4.78, 5) is 0. The maximum absolute atomic E-state index is 2.44. The van der Waals surface area contributed by atoms with Crippen LogP contribution in [0.25, 0.3) is 0 Å². The van der Waals surface area contributed by atoms with Crippen molar-refractivity contribution in [2.24, 2.45) is 17.8 Å². The topological polar surface area (TPSA) is 0 Å². The van der Waals surface area contributed by atoms with Gasteiger partial charge in [-0.3, -0.25) is 0 Å². The van der Waals surface area contributed by atoms with Crippen LogP contribution in [0.5, 0.6) is 0 Å². The Kier molecular flexibility index (Phi) is 10.2. The van der Waals surface area contributed by atoms with Gasteiger partial charge in [-0.2, -0.15) is 0 Å². The molecule has 0 spiro atoms. The molecule has 0 aromatic rings. The fraction of sp³-hybridized carbons (Fsp3) is 1.00. The second kappa shape index (κ2) is 10.2. The molecule has 2 atom stereocenters. The zero-order valence-electron chi connectivity index (χ0n) is 12.4. The highest BCUT2D eigenvalue weighted by Crippen LogP contribution is 2.23. The molecule has 0 heteroatoms. The Hall–Kier alpha value is 0. The average Bonchev–Trinajstić information content (AvgIpc) is 2.26. The van der Waals surface area contributed by atoms with E-state index in [0.29, 0.717) is 0 Å². The minimum Gasteiger partial charge on any atom is -0.0654 e. The van der Waals surface area contributed by atoms with Crippen LogP contribution >= 0.6 is 0 Å². The van der Waals surface area contributed by atoms with E-state index in [-0.39, 0.29) is 0 Å². The van der Waals surface area contributed by atoms with Gasteiger partial charge in [0.05, 0.1) is 0 Å². The summed E-state index contributed by atoms with van der Waals surface area (Å²) in [5.41, 5.74) is 0. The van der Waals surface area contributed by atoms with E-state index in [2.05, 4.69) is 34.6 Å². The summed E-state index contributed by atoms with van der Waals surface area (Å²) in [5, 5.41) is 0. The molecule has 0 bridgehead atoms. The van der Waals surface area contributed by atoms with Crippen molar-refractivity contribution >= 4 is 0 Å². The van der Waals surface area contributed by atoms with Crippen LogP contribution < -0.4 is 0 Å². The third-order valence-corrected chi connectivity index (χ3v) is 3.85. The second-order valence-corrected chi connectivity index (χ2v) is 6.07. The van der Waals surface area contributed by atoms with Gasteiger partial charge in [0.25, 0.3) is 0 Å². The first-order valence-electron chi connectivity index (χ1n) is 7.60. The van der Waals surface area contributed by atoms with Gasteiger partial charge in [0, 0.05) is 0 Å². The molecule has 16 heavy (non-hydrogen) atoms. The summed E-state index contributed by atoms with van der Waals surface area (Å²) in [7, 11) is 0. The van der Waals surface area contributed by atoms with Crippen LogP contribution in [0, 0.1) is 17.8 Å². The Labute approximate surface area is 104 Å². The number of hydrogen-bond donors (Lipinski definition) is 0. The molecule has 0 saturated heterocycles. The van der Waals surface area contributed by atoms with E-state index >= 15 is 0 Å². The maximum Gasteiger partial charge on any atom is -0.0417 e. The third-order valence-electron chi connectivity index (χ3n) is 3.85. The SMILES string of the molecule is CCCCC(CC)CCC(C)CCC(C)C. The van der Waals surface area contributed by atoms with Crippen molar-refractivity contribution in [1.82, 2.24) is 0 Å². The van der Waals surface area contributed by atoms with E-state index in [1.54, 1.807) is 0 Å². The molecule has 0 amide bonds. The van der Waals surface area contributed by atoms with Crippen LogP contribution in [-0.4, -0.2) is 0 Å². The van der Waals surface area contributed by atoms with Crippen molar-refractivity contribution in [3.05, 3.63) is 0 Å². The lowest BCUT2D eigenvalue weighted by molar-refractivity contribution is 0.348. The fourth-order valence-electron chi connectivity index (χ4n) is 2.33. The normalized spacial score (nSPS) is 15.4. The van der Waals surface area contributed by atoms with Crippen molar-refractivity contribution < 1.29 is 0 Å². The second-order valence-electron chi connectivity index (χ2n) is 6.07. The Bertz CT molecular complexity index is 137. The number of hydrogen-bond acceptors (Lipinski definition) is 0. The summed E-state index contributed by atoms with van der Waals surface area (Å²) in [5.74, 6) is 2.82. The Balaban J connectivity index is 3.57. The van der Waals surface area contributed by atoms with Gasteiger partial charge in [0.2, 0.25) is 0 Å². The zero-order valence-corrected chi connectivity index (χ0v) is 12.4. The van der Waals surface area contributed by atoms with E-state index in [1.807, 2.05) is 0 Å². The van der Waals surface area contributed by atoms with E-state index in [1.165, 1.54) is 51.4 Å². The Morgan fingerprint density at radius 2 is 1.38 bits per heavy atom. The van der Waals surface area contributed by atoms with Gasteiger partial charge in [-0.1, -0.05) is 86.0 Å². The summed E-state index contributed by atoms with van der Waals surface area (Å²) in [6.07, 6.45) is 11.4. The predicted molar refractivity (Wildman–Crippen MR) is 75.8 cm³/mol. The molecule has 0 N–H and O–H groups in total. The molecule has 0 aliphatic rings. The molecule has 0 aromatic carbocycles. The lowest BCUT2D eigenvalue weighted by Gasteiger charge is -2.18. The summed E-state index contributed by atoms with van der Waals surface area (Å²) < 4.78 is 0. The molecule has 0 aromatic heterocycles. The summed E-state index contributed by atoms with van der Waals surface area (Å²) in [6, 6.07) is 0. The Morgan fingerprint density at radius 3 is 1.88 bits per heavy atom. The quantitative estimate of drug-likeness (QED) is 0.425. The minimum atomic E-state index is 0.879. The summed E-state index contributed by atoms with van der Waals surface area (Å²) in [6.45, 7) is 11.8. The van der Waals surface area contributed by atoms with Crippen LogP contribution in [-0.2, 0) is 0 Å². The fourth-order valence-corrected chi connectivity index (χ4v) is 2.33. The van der Waals surface area contributed by atoms with Gasteiger partial charge in [0.15, 0.2) is 0 Å². The van der Waals surface area contributed by atoms with E-state index < -0.39 is 0 Å². The molecule has 0 saturated carbocycles. The average molecular weight is 226 g/mol. The monoisotopic (exact) mass is 226 g/mol. The molecule has 0 aliphatic heterocycles. The highest BCUT2D eigenvalue weighted by Gasteiger charge is 2.09. The minimum absolute atomic E-state index is 0.879. The van der Waals surface area contributed by atoms with Crippen LogP contribution in [0.15, 0.2) is 0 Å². The molecule has 0 rings (SSSR count). The van der Waals surface area contributed by atoms with Crippen LogP contribution in [0.1, 0.15) is 86.0 Å². The van der Waals surface area contributed by atoms with Gasteiger partial charge in [-0.25, -0.2) is 0 Å². The van der Waals surface area contributed by atoms with Gasteiger partial charge in [0.1, 0.15) is 0 Å². The van der Waals surface area contributed by atoms with Crippen molar-refractivity contribution in [2.45, 2.75) is 86.0 Å². The van der Waals surface area contributed by atoms with Crippen LogP contribution in [0.3, 0.4) is 0 Å². The van der Waals surface area contributed by atoms with Gasteiger partial charge in [-0.15, -0.1) is 0 Å². The van der Waals surface area contributed by atoms with Crippen molar-refractivity contribution in [3.63, 3.8) is 0 Å². The molecule has 0 aliphatic carbocycles. The lowest BCUT2D eigenvalue weighted by Crippen LogP contribution is -2.04. The van der Waals surface area contributed by atoms with E-state index in [4.69, 9.17) is 0 Å². The molecule has 2 unspecified atom stereocenters. The molecular formula is C16H34. The van der Waals surface area contributed by atoms with E-state index in [0.717, 1.165) is 17.8 Å². The molecule has 0 fully saturated rings. The van der Waals surface area contributed by atoms with Gasteiger partial charge < -0.3 is 0 Å². The smallest absolute Gasteiger partial charge is 0.0417 e. The molecular weight excluding hydrogens is 192 g/mol. The van der Waals surface area contributed by atoms with Crippen LogP contribution in [0.4, 0.5) is 0 Å². The summed E-state index contributed by atoms with van der Waals surface area (Å²) >= 11 is 0. The Morgan fingerprint density at radius 1 is 0.750 bits per heavy atom. The first kappa shape index (κ1) is 16.0. The first-order chi connectivity index (χ1) is 7.60. The number of rotatable bonds is 10. The third kappa shape index (κ3) is 9.24. The highest BCUT2D eigenvalue weighted by molar-refractivity contribution is 4.62. The highest BCUT2D eigenvalue weighted by atomic mass is 14.2. The molecule has 0 heterocycles. The first-order valence-corrected chi connectivity index (χ1v) is 7.60.